The number of ether oxygens (including phenoxy) is 1. The minimum atomic E-state index is 0.744. The molecule has 0 rings (SSSR count). The highest BCUT2D eigenvalue weighted by atomic mass is 16.5. The normalized spacial score (nSPS) is 11.3. The number of allylic oxidation sites excluding steroid dienone is 1. The maximum atomic E-state index is 6.08. The smallest absolute Gasteiger partial charge is 0.0905 e. The highest BCUT2D eigenvalue weighted by molar-refractivity contribution is 4.82. The van der Waals surface area contributed by atoms with E-state index in [-0.39, 0.29) is 0 Å². The molecular weight excluding hydrogens is 328 g/mol. The maximum Gasteiger partial charge on any atom is 0.0905 e. The summed E-state index contributed by atoms with van der Waals surface area (Å²) in [7, 11) is 0. The molecule has 0 aromatic heterocycles. The lowest BCUT2D eigenvalue weighted by atomic mass is 9.95. The van der Waals surface area contributed by atoms with Gasteiger partial charge < -0.3 is 4.74 Å². The van der Waals surface area contributed by atoms with Gasteiger partial charge in [-0.15, -0.1) is 0 Å². The van der Waals surface area contributed by atoms with Gasteiger partial charge in [-0.1, -0.05) is 124 Å². The van der Waals surface area contributed by atoms with Gasteiger partial charge in [0.25, 0.3) is 0 Å². The van der Waals surface area contributed by atoms with Crippen LogP contribution in [0.15, 0.2) is 12.3 Å². The molecule has 0 aliphatic rings. The van der Waals surface area contributed by atoms with E-state index in [1.165, 1.54) is 116 Å². The summed E-state index contributed by atoms with van der Waals surface area (Å²) in [5.41, 5.74) is 0. The van der Waals surface area contributed by atoms with Gasteiger partial charge in [0.2, 0.25) is 0 Å². The van der Waals surface area contributed by atoms with E-state index in [4.69, 9.17) is 4.74 Å². The fourth-order valence-corrected chi connectivity index (χ4v) is 3.79. The van der Waals surface area contributed by atoms with Crippen molar-refractivity contribution in [2.24, 2.45) is 5.92 Å². The summed E-state index contributed by atoms with van der Waals surface area (Å²) in [5, 5.41) is 0. The van der Waals surface area contributed by atoms with Gasteiger partial charge in [-0.05, 0) is 25.2 Å². The van der Waals surface area contributed by atoms with Gasteiger partial charge in [0.05, 0.1) is 12.4 Å². The predicted molar refractivity (Wildman–Crippen MR) is 123 cm³/mol. The Labute approximate surface area is 172 Å². The summed E-state index contributed by atoms with van der Waals surface area (Å²) in [6.07, 6.45) is 25.7. The lowest BCUT2D eigenvalue weighted by Crippen LogP contribution is -2.10. The fourth-order valence-electron chi connectivity index (χ4n) is 3.79. The Morgan fingerprint density at radius 2 is 1.00 bits per heavy atom. The van der Waals surface area contributed by atoms with Gasteiger partial charge in [0.1, 0.15) is 0 Å². The van der Waals surface area contributed by atoms with Crippen LogP contribution < -0.4 is 0 Å². The minimum absolute atomic E-state index is 0.744. The second kappa shape index (κ2) is 21.8. The molecule has 0 atom stereocenters. The van der Waals surface area contributed by atoms with Crippen LogP contribution >= 0.6 is 0 Å². The molecule has 0 aliphatic carbocycles. The van der Waals surface area contributed by atoms with Gasteiger partial charge in [0.15, 0.2) is 0 Å². The van der Waals surface area contributed by atoms with Crippen molar-refractivity contribution in [2.75, 3.05) is 6.61 Å². The number of rotatable bonds is 22. The number of hydrogen-bond donors (Lipinski definition) is 0. The van der Waals surface area contributed by atoms with E-state index >= 15 is 0 Å². The van der Waals surface area contributed by atoms with Crippen LogP contribution in [0.25, 0.3) is 0 Å². The zero-order chi connectivity index (χ0) is 20.0. The fraction of sp³-hybridized carbons (Fsp3) is 0.923. The van der Waals surface area contributed by atoms with Crippen LogP contribution in [0, 0.1) is 5.92 Å². The molecule has 0 heterocycles. The Morgan fingerprint density at radius 1 is 0.593 bits per heavy atom. The standard InChI is InChI=1S/C26H52O/c1-5-8-11-14-15-16-17-18-21-25(4)27-24-26(22-19-12-9-6-2)23-20-13-10-7-3/h26H,4-24H2,1-3H3. The molecule has 0 fully saturated rings. The van der Waals surface area contributed by atoms with Gasteiger partial charge in [-0.2, -0.15) is 0 Å². The molecule has 0 unspecified atom stereocenters. The van der Waals surface area contributed by atoms with Crippen LogP contribution in [0.2, 0.25) is 0 Å². The van der Waals surface area contributed by atoms with Gasteiger partial charge >= 0.3 is 0 Å². The summed E-state index contributed by atoms with van der Waals surface area (Å²) >= 11 is 0. The zero-order valence-corrected chi connectivity index (χ0v) is 19.3. The SMILES string of the molecule is C=C(CCCCCCCCCC)OCC(CCCCCC)CCCCCC. The summed E-state index contributed by atoms with van der Waals surface area (Å²) in [6, 6.07) is 0. The van der Waals surface area contributed by atoms with Crippen LogP contribution in [0.5, 0.6) is 0 Å². The molecule has 162 valence electrons. The first kappa shape index (κ1) is 26.5. The Balaban J connectivity index is 3.79. The number of unbranched alkanes of at least 4 members (excludes halogenated alkanes) is 13. The third-order valence-electron chi connectivity index (χ3n) is 5.76. The second-order valence-electron chi connectivity index (χ2n) is 8.64. The minimum Gasteiger partial charge on any atom is -0.498 e. The van der Waals surface area contributed by atoms with Gasteiger partial charge in [-0.25, -0.2) is 0 Å². The third kappa shape index (κ3) is 20.1. The van der Waals surface area contributed by atoms with E-state index in [0.29, 0.717) is 0 Å². The van der Waals surface area contributed by atoms with Crippen molar-refractivity contribution < 1.29 is 4.74 Å². The van der Waals surface area contributed by atoms with Crippen molar-refractivity contribution in [2.45, 2.75) is 143 Å². The van der Waals surface area contributed by atoms with Crippen molar-refractivity contribution in [3.8, 4) is 0 Å². The van der Waals surface area contributed by atoms with Crippen molar-refractivity contribution in [3.63, 3.8) is 0 Å². The Kier molecular flexibility index (Phi) is 21.5. The maximum absolute atomic E-state index is 6.08. The van der Waals surface area contributed by atoms with E-state index in [0.717, 1.165) is 24.7 Å². The Bertz CT molecular complexity index is 285. The molecule has 0 saturated carbocycles. The van der Waals surface area contributed by atoms with Crippen molar-refractivity contribution in [1.29, 1.82) is 0 Å². The number of hydrogen-bond acceptors (Lipinski definition) is 1. The summed E-state index contributed by atoms with van der Waals surface area (Å²) in [4.78, 5) is 0. The molecule has 27 heavy (non-hydrogen) atoms. The first-order valence-corrected chi connectivity index (χ1v) is 12.5. The molecule has 0 aromatic rings. The van der Waals surface area contributed by atoms with Crippen LogP contribution in [0.4, 0.5) is 0 Å². The zero-order valence-electron chi connectivity index (χ0n) is 19.3. The Hall–Kier alpha value is -0.460. The summed E-state index contributed by atoms with van der Waals surface area (Å²) in [6.45, 7) is 12.0. The van der Waals surface area contributed by atoms with E-state index in [2.05, 4.69) is 27.4 Å². The molecule has 0 spiro atoms. The molecule has 1 heteroatoms. The van der Waals surface area contributed by atoms with Crippen molar-refractivity contribution in [3.05, 3.63) is 12.3 Å². The molecule has 0 bridgehead atoms. The second-order valence-corrected chi connectivity index (χ2v) is 8.64. The Morgan fingerprint density at radius 3 is 1.48 bits per heavy atom. The van der Waals surface area contributed by atoms with E-state index in [9.17, 15) is 0 Å². The largest absolute Gasteiger partial charge is 0.498 e. The molecule has 0 radical (unpaired) electrons. The predicted octanol–water partition coefficient (Wildman–Crippen LogP) is 9.60. The van der Waals surface area contributed by atoms with Crippen molar-refractivity contribution in [1.82, 2.24) is 0 Å². The molecule has 0 saturated heterocycles. The van der Waals surface area contributed by atoms with Crippen LogP contribution in [0.3, 0.4) is 0 Å². The monoisotopic (exact) mass is 380 g/mol. The van der Waals surface area contributed by atoms with Crippen LogP contribution in [-0.4, -0.2) is 6.61 Å². The average molecular weight is 381 g/mol. The lowest BCUT2D eigenvalue weighted by Gasteiger charge is -2.19. The molecule has 0 aliphatic heterocycles. The molecule has 0 aromatic carbocycles. The highest BCUT2D eigenvalue weighted by Crippen LogP contribution is 2.21. The topological polar surface area (TPSA) is 9.23 Å². The first-order valence-electron chi connectivity index (χ1n) is 12.5. The lowest BCUT2D eigenvalue weighted by molar-refractivity contribution is 0.144. The average Bonchev–Trinajstić information content (AvgIpc) is 2.68. The molecular formula is C26H52O. The van der Waals surface area contributed by atoms with Gasteiger partial charge in [0, 0.05) is 6.42 Å². The quantitative estimate of drug-likeness (QED) is 0.134. The van der Waals surface area contributed by atoms with E-state index < -0.39 is 0 Å². The van der Waals surface area contributed by atoms with Gasteiger partial charge in [-0.3, -0.25) is 0 Å². The van der Waals surface area contributed by atoms with Crippen LogP contribution in [0.1, 0.15) is 143 Å². The molecule has 0 amide bonds. The molecule has 1 nitrogen and oxygen atoms in total. The van der Waals surface area contributed by atoms with Crippen LogP contribution in [-0.2, 0) is 4.74 Å². The molecule has 0 N–H and O–H groups in total. The van der Waals surface area contributed by atoms with E-state index in [1.807, 2.05) is 0 Å². The van der Waals surface area contributed by atoms with E-state index in [1.54, 1.807) is 0 Å². The third-order valence-corrected chi connectivity index (χ3v) is 5.76. The highest BCUT2D eigenvalue weighted by Gasteiger charge is 2.10. The summed E-state index contributed by atoms with van der Waals surface area (Å²) in [5.74, 6) is 1.78. The summed E-state index contributed by atoms with van der Waals surface area (Å²) < 4.78 is 6.08. The first-order chi connectivity index (χ1) is 13.2. The van der Waals surface area contributed by atoms with Crippen molar-refractivity contribution >= 4 is 0 Å².